The minimum atomic E-state index is -4.72. The molecule has 2 aliphatic heterocycles. The maximum absolute atomic E-state index is 13.3. The molecule has 0 aliphatic carbocycles. The van der Waals surface area contributed by atoms with Crippen molar-refractivity contribution in [2.24, 2.45) is 5.92 Å². The minimum absolute atomic E-state index is 0.0693. The Bertz CT molecular complexity index is 1400. The van der Waals surface area contributed by atoms with Crippen molar-refractivity contribution in [3.05, 3.63) is 53.1 Å². The monoisotopic (exact) mass is 556 g/mol. The van der Waals surface area contributed by atoms with Crippen molar-refractivity contribution >= 4 is 23.4 Å². The lowest BCUT2D eigenvalue weighted by Gasteiger charge is -2.50. The molecule has 3 heterocycles. The molecular formula is C28H31F3N6O3. The standard InChI is InChI=1S/C28H31F3N6O3/c1-26(2,3)40-25(39)36-16-21(17-36)35-13-19(14-35)8-7-18-12-33-37(15-18)27(4,5)24(38)34-20-9-10-23(32-6)22(11-20)28(29,30)31/h9-12,15,19,21H,13-14,16-17H2,1-5H3,(H,34,38). The molecule has 2 aromatic rings. The number of hydrogen-bond acceptors (Lipinski definition) is 5. The van der Waals surface area contributed by atoms with E-state index in [0.29, 0.717) is 24.7 Å². The van der Waals surface area contributed by atoms with Gasteiger partial charge in [-0.1, -0.05) is 17.9 Å². The first kappa shape index (κ1) is 29.0. The lowest BCUT2D eigenvalue weighted by molar-refractivity contribution is -0.136. The van der Waals surface area contributed by atoms with Crippen LogP contribution in [0.1, 0.15) is 45.7 Å². The molecule has 1 aromatic carbocycles. The minimum Gasteiger partial charge on any atom is -0.444 e. The molecule has 0 spiro atoms. The number of carbonyl (C=O) groups excluding carboxylic acids is 2. The molecule has 0 atom stereocenters. The number of amides is 2. The summed E-state index contributed by atoms with van der Waals surface area (Å²) in [6, 6.07) is 3.35. The Morgan fingerprint density at radius 2 is 1.80 bits per heavy atom. The molecule has 0 saturated carbocycles. The number of ether oxygens (including phenoxy) is 1. The number of rotatable bonds is 4. The first-order chi connectivity index (χ1) is 18.6. The fraction of sp³-hybridized carbons (Fsp3) is 0.500. The Morgan fingerprint density at radius 1 is 1.12 bits per heavy atom. The van der Waals surface area contributed by atoms with Crippen LogP contribution in [0.5, 0.6) is 0 Å². The molecule has 12 heteroatoms. The highest BCUT2D eigenvalue weighted by Gasteiger charge is 2.41. The molecule has 2 fully saturated rings. The second-order valence-corrected chi connectivity index (χ2v) is 11.5. The lowest BCUT2D eigenvalue weighted by atomic mass is 9.95. The highest BCUT2D eigenvalue weighted by Crippen LogP contribution is 2.38. The molecule has 0 radical (unpaired) electrons. The molecule has 2 saturated heterocycles. The average molecular weight is 557 g/mol. The number of carbonyl (C=O) groups is 2. The SMILES string of the molecule is [C-]#[N+]c1ccc(NC(=O)C(C)(C)n2cc(C#CC3CN(C4CN(C(=O)OC(C)(C)C)C4)C3)cn2)cc1C(F)(F)F. The summed E-state index contributed by atoms with van der Waals surface area (Å²) in [4.78, 5) is 31.9. The van der Waals surface area contributed by atoms with Crippen molar-refractivity contribution in [2.45, 2.75) is 58.0 Å². The summed E-state index contributed by atoms with van der Waals surface area (Å²) >= 11 is 0. The summed E-state index contributed by atoms with van der Waals surface area (Å²) in [7, 11) is 0. The Labute approximate surface area is 231 Å². The Kier molecular flexibility index (Phi) is 7.61. The molecule has 4 rings (SSSR count). The molecular weight excluding hydrogens is 525 g/mol. The van der Waals surface area contributed by atoms with Gasteiger partial charge in [0.25, 0.3) is 5.91 Å². The summed E-state index contributed by atoms with van der Waals surface area (Å²) in [6.07, 6.45) is -1.86. The summed E-state index contributed by atoms with van der Waals surface area (Å²) in [5.41, 5.74) is -2.85. The highest BCUT2D eigenvalue weighted by molar-refractivity contribution is 5.96. The fourth-order valence-electron chi connectivity index (χ4n) is 4.27. The molecule has 0 bridgehead atoms. The molecule has 40 heavy (non-hydrogen) atoms. The number of halogens is 3. The van der Waals surface area contributed by atoms with Gasteiger partial charge in [0.2, 0.25) is 0 Å². The van der Waals surface area contributed by atoms with Crippen molar-refractivity contribution in [1.29, 1.82) is 0 Å². The zero-order valence-corrected chi connectivity index (χ0v) is 23.0. The van der Waals surface area contributed by atoms with E-state index in [1.807, 2.05) is 20.8 Å². The molecule has 2 amide bonds. The summed E-state index contributed by atoms with van der Waals surface area (Å²) in [6.45, 7) is 18.5. The number of nitrogens with zero attached hydrogens (tertiary/aromatic N) is 5. The topological polar surface area (TPSA) is 84.1 Å². The number of likely N-dealkylation sites (tertiary alicyclic amines) is 2. The van der Waals surface area contributed by atoms with E-state index in [9.17, 15) is 22.8 Å². The number of hydrogen-bond donors (Lipinski definition) is 1. The van der Waals surface area contributed by atoms with Gasteiger partial charge in [0, 0.05) is 50.0 Å². The van der Waals surface area contributed by atoms with Gasteiger partial charge in [-0.2, -0.15) is 18.3 Å². The van der Waals surface area contributed by atoms with Crippen LogP contribution in [0.4, 0.5) is 29.3 Å². The largest absolute Gasteiger partial charge is 0.444 e. The number of benzene rings is 1. The predicted octanol–water partition coefficient (Wildman–Crippen LogP) is 4.73. The van der Waals surface area contributed by atoms with Crippen LogP contribution in [-0.2, 0) is 21.2 Å². The second kappa shape index (κ2) is 10.5. The average Bonchev–Trinajstić information content (AvgIpc) is 3.27. The van der Waals surface area contributed by atoms with Crippen LogP contribution in [0.3, 0.4) is 0 Å². The second-order valence-electron chi connectivity index (χ2n) is 11.5. The molecule has 2 aliphatic rings. The van der Waals surface area contributed by atoms with Crippen LogP contribution in [0.2, 0.25) is 0 Å². The third-order valence-corrected chi connectivity index (χ3v) is 6.75. The van der Waals surface area contributed by atoms with E-state index in [4.69, 9.17) is 11.3 Å². The normalized spacial score (nSPS) is 16.7. The zero-order valence-electron chi connectivity index (χ0n) is 23.0. The Balaban J connectivity index is 1.30. The van der Waals surface area contributed by atoms with Crippen molar-refractivity contribution in [3.63, 3.8) is 0 Å². The van der Waals surface area contributed by atoms with Gasteiger partial charge in [0.05, 0.1) is 23.9 Å². The Hall–Kier alpha value is -4.03. The van der Waals surface area contributed by atoms with E-state index in [1.165, 1.54) is 16.9 Å². The summed E-state index contributed by atoms with van der Waals surface area (Å²) in [5.74, 6) is 5.90. The maximum Gasteiger partial charge on any atom is 0.410 e. The van der Waals surface area contributed by atoms with Crippen LogP contribution >= 0.6 is 0 Å². The third-order valence-electron chi connectivity index (χ3n) is 6.75. The quantitative estimate of drug-likeness (QED) is 0.435. The van der Waals surface area contributed by atoms with Gasteiger partial charge in [0.1, 0.15) is 11.1 Å². The van der Waals surface area contributed by atoms with E-state index in [0.717, 1.165) is 25.2 Å². The molecule has 212 valence electrons. The van der Waals surface area contributed by atoms with Crippen LogP contribution in [-0.4, -0.2) is 69.4 Å². The molecule has 9 nitrogen and oxygen atoms in total. The number of nitrogens with one attached hydrogen (secondary N) is 1. The van der Waals surface area contributed by atoms with E-state index in [1.54, 1.807) is 24.9 Å². The van der Waals surface area contributed by atoms with Gasteiger partial charge < -0.3 is 15.0 Å². The van der Waals surface area contributed by atoms with E-state index in [2.05, 4.69) is 32.0 Å². The van der Waals surface area contributed by atoms with E-state index >= 15 is 0 Å². The van der Waals surface area contributed by atoms with Gasteiger partial charge in [-0.3, -0.25) is 14.4 Å². The van der Waals surface area contributed by atoms with Crippen molar-refractivity contribution in [1.82, 2.24) is 19.6 Å². The predicted molar refractivity (Wildman–Crippen MR) is 141 cm³/mol. The summed E-state index contributed by atoms with van der Waals surface area (Å²) in [5, 5.41) is 6.74. The Morgan fingerprint density at radius 3 is 2.40 bits per heavy atom. The smallest absolute Gasteiger partial charge is 0.410 e. The van der Waals surface area contributed by atoms with Gasteiger partial charge in [0.15, 0.2) is 5.69 Å². The van der Waals surface area contributed by atoms with Crippen LogP contribution in [0.25, 0.3) is 4.85 Å². The zero-order chi connectivity index (χ0) is 29.5. The van der Waals surface area contributed by atoms with Crippen molar-refractivity contribution in [3.8, 4) is 11.8 Å². The van der Waals surface area contributed by atoms with Gasteiger partial charge in [-0.05, 0) is 46.8 Å². The summed E-state index contributed by atoms with van der Waals surface area (Å²) < 4.78 is 46.7. The van der Waals surface area contributed by atoms with Gasteiger partial charge in [-0.15, -0.1) is 0 Å². The first-order valence-corrected chi connectivity index (χ1v) is 12.8. The fourth-order valence-corrected chi connectivity index (χ4v) is 4.27. The number of anilines is 1. The molecule has 1 N–H and O–H groups in total. The van der Waals surface area contributed by atoms with E-state index < -0.39 is 34.5 Å². The number of alkyl halides is 3. The van der Waals surface area contributed by atoms with Gasteiger partial charge in [-0.25, -0.2) is 9.64 Å². The maximum atomic E-state index is 13.3. The number of aromatic nitrogens is 2. The highest BCUT2D eigenvalue weighted by atomic mass is 19.4. The van der Waals surface area contributed by atoms with Crippen molar-refractivity contribution < 1.29 is 27.5 Å². The third kappa shape index (κ3) is 6.40. The molecule has 0 unspecified atom stereocenters. The van der Waals surface area contributed by atoms with Crippen LogP contribution in [0.15, 0.2) is 30.6 Å². The van der Waals surface area contributed by atoms with Crippen molar-refractivity contribution in [2.75, 3.05) is 31.5 Å². The molecule has 1 aromatic heterocycles. The lowest BCUT2D eigenvalue weighted by Crippen LogP contribution is -2.66. The van der Waals surface area contributed by atoms with Crippen LogP contribution in [0, 0.1) is 24.3 Å². The van der Waals surface area contributed by atoms with Crippen LogP contribution < -0.4 is 5.32 Å². The van der Waals surface area contributed by atoms with Gasteiger partial charge >= 0.3 is 12.3 Å². The van der Waals surface area contributed by atoms with E-state index in [-0.39, 0.29) is 17.7 Å². The first-order valence-electron chi connectivity index (χ1n) is 12.8.